The summed E-state index contributed by atoms with van der Waals surface area (Å²) in [6.45, 7) is 4.13. The first-order chi connectivity index (χ1) is 10.3. The van der Waals surface area contributed by atoms with Crippen LogP contribution in [-0.2, 0) is 13.0 Å². The van der Waals surface area contributed by atoms with E-state index in [1.807, 2.05) is 12.1 Å². The number of nitrogens with zero attached hydrogens (tertiary/aromatic N) is 1. The molecule has 1 aliphatic rings. The minimum absolute atomic E-state index is 0.166. The van der Waals surface area contributed by atoms with Gasteiger partial charge >= 0.3 is 0 Å². The van der Waals surface area contributed by atoms with Gasteiger partial charge in [-0.2, -0.15) is 0 Å². The fourth-order valence-corrected chi connectivity index (χ4v) is 2.92. The van der Waals surface area contributed by atoms with Crippen molar-refractivity contribution >= 4 is 0 Å². The zero-order valence-corrected chi connectivity index (χ0v) is 12.1. The summed E-state index contributed by atoms with van der Waals surface area (Å²) in [5, 5.41) is 3.56. The predicted molar refractivity (Wildman–Crippen MR) is 83.6 cm³/mol. The molecule has 0 bridgehead atoms. The lowest BCUT2D eigenvalue weighted by Crippen LogP contribution is -2.51. The third-order valence-electron chi connectivity index (χ3n) is 3.98. The van der Waals surface area contributed by atoms with Crippen LogP contribution in [0.5, 0.6) is 0 Å². The Hall–Kier alpha value is -1.71. The molecule has 1 unspecified atom stereocenters. The van der Waals surface area contributed by atoms with Crippen molar-refractivity contribution in [3.05, 3.63) is 71.5 Å². The summed E-state index contributed by atoms with van der Waals surface area (Å²) in [7, 11) is 0. The van der Waals surface area contributed by atoms with Gasteiger partial charge in [-0.3, -0.25) is 4.90 Å². The Morgan fingerprint density at radius 3 is 2.52 bits per heavy atom. The second kappa shape index (κ2) is 6.83. The molecule has 1 fully saturated rings. The van der Waals surface area contributed by atoms with Gasteiger partial charge in [0, 0.05) is 32.2 Å². The lowest BCUT2D eigenvalue weighted by molar-refractivity contribution is 0.192. The van der Waals surface area contributed by atoms with E-state index < -0.39 is 0 Å². The maximum Gasteiger partial charge on any atom is 0.123 e. The minimum Gasteiger partial charge on any atom is -0.311 e. The van der Waals surface area contributed by atoms with Crippen molar-refractivity contribution in [3.63, 3.8) is 0 Å². The molecule has 1 N–H and O–H groups in total. The van der Waals surface area contributed by atoms with E-state index in [1.165, 1.54) is 11.1 Å². The predicted octanol–water partition coefficient (Wildman–Crippen LogP) is 2.84. The van der Waals surface area contributed by atoms with Crippen LogP contribution in [0.25, 0.3) is 0 Å². The first-order valence-electron chi connectivity index (χ1n) is 7.54. The number of hydrogen-bond acceptors (Lipinski definition) is 2. The molecule has 2 aromatic carbocycles. The van der Waals surface area contributed by atoms with Crippen LogP contribution in [0, 0.1) is 5.82 Å². The van der Waals surface area contributed by atoms with E-state index in [4.69, 9.17) is 0 Å². The summed E-state index contributed by atoms with van der Waals surface area (Å²) in [5.41, 5.74) is 2.55. The standard InChI is InChI=1S/C18H21FN2/c19-17-8-6-15(7-9-17)12-18-14-21(11-10-20-18)13-16-4-2-1-3-5-16/h1-9,18,20H,10-14H2. The van der Waals surface area contributed by atoms with Gasteiger partial charge in [0.1, 0.15) is 5.82 Å². The fraction of sp³-hybridized carbons (Fsp3) is 0.333. The van der Waals surface area contributed by atoms with Crippen LogP contribution >= 0.6 is 0 Å². The number of halogens is 1. The van der Waals surface area contributed by atoms with Gasteiger partial charge < -0.3 is 5.32 Å². The first kappa shape index (κ1) is 14.2. The highest BCUT2D eigenvalue weighted by molar-refractivity contribution is 5.18. The molecular formula is C18H21FN2. The number of nitrogens with one attached hydrogen (secondary N) is 1. The van der Waals surface area contributed by atoms with E-state index >= 15 is 0 Å². The Kier molecular flexibility index (Phi) is 4.63. The second-order valence-electron chi connectivity index (χ2n) is 5.70. The van der Waals surface area contributed by atoms with E-state index in [2.05, 4.69) is 40.5 Å². The Labute approximate surface area is 125 Å². The average Bonchev–Trinajstić information content (AvgIpc) is 2.51. The maximum absolute atomic E-state index is 12.9. The summed E-state index contributed by atoms with van der Waals surface area (Å²) in [4.78, 5) is 2.49. The van der Waals surface area contributed by atoms with Gasteiger partial charge in [-0.15, -0.1) is 0 Å². The van der Waals surface area contributed by atoms with Crippen LogP contribution in [0.1, 0.15) is 11.1 Å². The molecular weight excluding hydrogens is 263 g/mol. The highest BCUT2D eigenvalue weighted by Gasteiger charge is 2.19. The van der Waals surface area contributed by atoms with Gasteiger partial charge in [0.2, 0.25) is 0 Å². The Bertz CT molecular complexity index is 553. The normalized spacial score (nSPS) is 19.6. The van der Waals surface area contributed by atoms with Crippen molar-refractivity contribution in [3.8, 4) is 0 Å². The third kappa shape index (κ3) is 4.13. The molecule has 110 valence electrons. The monoisotopic (exact) mass is 284 g/mol. The molecule has 2 aromatic rings. The molecule has 21 heavy (non-hydrogen) atoms. The molecule has 3 rings (SSSR count). The molecule has 2 nitrogen and oxygen atoms in total. The van der Waals surface area contributed by atoms with E-state index in [9.17, 15) is 4.39 Å². The van der Waals surface area contributed by atoms with E-state index in [0.717, 1.165) is 32.6 Å². The van der Waals surface area contributed by atoms with Crippen LogP contribution in [-0.4, -0.2) is 30.6 Å². The van der Waals surface area contributed by atoms with E-state index in [1.54, 1.807) is 12.1 Å². The topological polar surface area (TPSA) is 15.3 Å². The summed E-state index contributed by atoms with van der Waals surface area (Å²) in [6, 6.07) is 17.9. The second-order valence-corrected chi connectivity index (χ2v) is 5.70. The maximum atomic E-state index is 12.9. The summed E-state index contributed by atoms with van der Waals surface area (Å²) in [5.74, 6) is -0.166. The smallest absolute Gasteiger partial charge is 0.123 e. The van der Waals surface area contributed by atoms with Gasteiger partial charge in [-0.05, 0) is 29.7 Å². The molecule has 0 radical (unpaired) electrons. The number of benzene rings is 2. The summed E-state index contributed by atoms with van der Waals surface area (Å²) in [6.07, 6.45) is 0.950. The number of hydrogen-bond donors (Lipinski definition) is 1. The van der Waals surface area contributed by atoms with Gasteiger partial charge in [0.15, 0.2) is 0 Å². The van der Waals surface area contributed by atoms with Crippen LogP contribution in [0.15, 0.2) is 54.6 Å². The summed E-state index contributed by atoms with van der Waals surface area (Å²) >= 11 is 0. The highest BCUT2D eigenvalue weighted by Crippen LogP contribution is 2.11. The molecule has 0 spiro atoms. The molecule has 0 aliphatic carbocycles. The lowest BCUT2D eigenvalue weighted by atomic mass is 10.0. The largest absolute Gasteiger partial charge is 0.311 e. The quantitative estimate of drug-likeness (QED) is 0.929. The minimum atomic E-state index is -0.166. The molecule has 0 saturated carbocycles. The van der Waals surface area contributed by atoms with Crippen LogP contribution in [0.3, 0.4) is 0 Å². The highest BCUT2D eigenvalue weighted by atomic mass is 19.1. The first-order valence-corrected chi connectivity index (χ1v) is 7.54. The van der Waals surface area contributed by atoms with Crippen molar-refractivity contribution in [2.24, 2.45) is 0 Å². The van der Waals surface area contributed by atoms with Crippen LogP contribution < -0.4 is 5.32 Å². The van der Waals surface area contributed by atoms with Gasteiger partial charge in [0.25, 0.3) is 0 Å². The van der Waals surface area contributed by atoms with E-state index in [-0.39, 0.29) is 5.82 Å². The molecule has 0 amide bonds. The van der Waals surface area contributed by atoms with Crippen molar-refractivity contribution < 1.29 is 4.39 Å². The van der Waals surface area contributed by atoms with Crippen molar-refractivity contribution in [2.45, 2.75) is 19.0 Å². The summed E-state index contributed by atoms with van der Waals surface area (Å²) < 4.78 is 12.9. The number of rotatable bonds is 4. The lowest BCUT2D eigenvalue weighted by Gasteiger charge is -2.33. The van der Waals surface area contributed by atoms with Crippen molar-refractivity contribution in [2.75, 3.05) is 19.6 Å². The van der Waals surface area contributed by atoms with Crippen LogP contribution in [0.4, 0.5) is 4.39 Å². The Morgan fingerprint density at radius 1 is 1.00 bits per heavy atom. The molecule has 3 heteroatoms. The van der Waals surface area contributed by atoms with Gasteiger partial charge in [0.05, 0.1) is 0 Å². The molecule has 1 aliphatic heterocycles. The van der Waals surface area contributed by atoms with Gasteiger partial charge in [-0.25, -0.2) is 4.39 Å². The van der Waals surface area contributed by atoms with Crippen molar-refractivity contribution in [1.82, 2.24) is 10.2 Å². The van der Waals surface area contributed by atoms with Gasteiger partial charge in [-0.1, -0.05) is 42.5 Å². The van der Waals surface area contributed by atoms with Crippen LogP contribution in [0.2, 0.25) is 0 Å². The zero-order valence-electron chi connectivity index (χ0n) is 12.1. The molecule has 1 heterocycles. The zero-order chi connectivity index (χ0) is 14.5. The fourth-order valence-electron chi connectivity index (χ4n) is 2.92. The molecule has 1 atom stereocenters. The van der Waals surface area contributed by atoms with Crippen molar-refractivity contribution in [1.29, 1.82) is 0 Å². The van der Waals surface area contributed by atoms with E-state index in [0.29, 0.717) is 6.04 Å². The number of piperazine rings is 1. The molecule has 0 aromatic heterocycles. The SMILES string of the molecule is Fc1ccc(CC2CN(Cc3ccccc3)CCN2)cc1. The molecule has 1 saturated heterocycles. The third-order valence-corrected chi connectivity index (χ3v) is 3.98. The Balaban J connectivity index is 1.57. The average molecular weight is 284 g/mol. The Morgan fingerprint density at radius 2 is 1.76 bits per heavy atom.